The first kappa shape index (κ1) is 7.40. The third kappa shape index (κ3) is 1.13. The quantitative estimate of drug-likeness (QED) is 0.558. The predicted octanol–water partition coefficient (Wildman–Crippen LogP) is 2.76. The Morgan fingerprint density at radius 3 is 2.91 bits per heavy atom. The van der Waals surface area contributed by atoms with Crippen molar-refractivity contribution in [2.75, 3.05) is 11.9 Å². The van der Waals surface area contributed by atoms with E-state index in [-0.39, 0.29) is 3.42 Å². The summed E-state index contributed by atoms with van der Waals surface area (Å²) in [6, 6.07) is 8.51. The fourth-order valence-electron chi connectivity index (χ4n) is 1.45. The van der Waals surface area contributed by atoms with Crippen molar-refractivity contribution in [2.45, 2.75) is 10.3 Å². The summed E-state index contributed by atoms with van der Waals surface area (Å²) in [5, 5.41) is 3.38. The number of nitrogens with one attached hydrogen (secondary N) is 1. The van der Waals surface area contributed by atoms with E-state index in [0.717, 1.165) is 6.54 Å². The second-order valence-electron chi connectivity index (χ2n) is 3.10. The molecule has 0 fully saturated rings. The maximum Gasteiger partial charge on any atom is 0.0634 e. The molecule has 1 N–H and O–H groups in total. The standard InChI is InChI=1S/C9H10IN/c1-9(10)6-11-8-5-3-2-4-7(8)9/h2-5,11H,6H2,1H3. The number of hydrogen-bond donors (Lipinski definition) is 1. The van der Waals surface area contributed by atoms with E-state index in [4.69, 9.17) is 0 Å². The molecule has 1 aliphatic rings. The van der Waals surface area contributed by atoms with E-state index >= 15 is 0 Å². The Bertz CT molecular complexity index is 281. The highest BCUT2D eigenvalue weighted by Gasteiger charge is 2.30. The first-order valence-corrected chi connectivity index (χ1v) is 4.80. The van der Waals surface area contributed by atoms with E-state index in [9.17, 15) is 0 Å². The number of rotatable bonds is 0. The maximum absolute atomic E-state index is 3.38. The molecule has 1 aromatic carbocycles. The van der Waals surface area contributed by atoms with Gasteiger partial charge in [0.1, 0.15) is 0 Å². The van der Waals surface area contributed by atoms with Gasteiger partial charge in [-0.3, -0.25) is 0 Å². The van der Waals surface area contributed by atoms with Gasteiger partial charge in [0.25, 0.3) is 0 Å². The van der Waals surface area contributed by atoms with Gasteiger partial charge in [-0.2, -0.15) is 0 Å². The van der Waals surface area contributed by atoms with Crippen LogP contribution in [0.25, 0.3) is 0 Å². The summed E-state index contributed by atoms with van der Waals surface area (Å²) in [6.07, 6.45) is 0. The number of alkyl halides is 1. The number of fused-ring (bicyclic) bond motifs is 1. The Morgan fingerprint density at radius 2 is 2.18 bits per heavy atom. The molecule has 1 nitrogen and oxygen atoms in total. The van der Waals surface area contributed by atoms with Gasteiger partial charge in [0.15, 0.2) is 0 Å². The first-order valence-electron chi connectivity index (χ1n) is 3.72. The summed E-state index contributed by atoms with van der Waals surface area (Å²) in [5.41, 5.74) is 2.73. The fraction of sp³-hybridized carbons (Fsp3) is 0.333. The van der Waals surface area contributed by atoms with Crippen molar-refractivity contribution in [3.63, 3.8) is 0 Å². The van der Waals surface area contributed by atoms with Crippen molar-refractivity contribution in [3.05, 3.63) is 29.8 Å². The molecule has 1 aliphatic heterocycles. The lowest BCUT2D eigenvalue weighted by molar-refractivity contribution is 0.816. The molecule has 0 aromatic heterocycles. The molecule has 0 amide bonds. The molecular formula is C9H10IN. The number of para-hydroxylation sites is 1. The zero-order chi connectivity index (χ0) is 7.90. The van der Waals surface area contributed by atoms with Crippen LogP contribution in [0.2, 0.25) is 0 Å². The number of hydrogen-bond acceptors (Lipinski definition) is 1. The van der Waals surface area contributed by atoms with Crippen LogP contribution in [0.5, 0.6) is 0 Å². The van der Waals surface area contributed by atoms with Gasteiger partial charge in [-0.1, -0.05) is 40.8 Å². The Balaban J connectivity index is 2.56. The normalized spacial score (nSPS) is 27.8. The van der Waals surface area contributed by atoms with Crippen LogP contribution in [-0.4, -0.2) is 6.54 Å². The molecule has 1 aromatic rings. The molecular weight excluding hydrogens is 249 g/mol. The Morgan fingerprint density at radius 1 is 1.45 bits per heavy atom. The van der Waals surface area contributed by atoms with E-state index in [2.05, 4.69) is 59.1 Å². The molecule has 0 radical (unpaired) electrons. The van der Waals surface area contributed by atoms with Crippen LogP contribution in [0.15, 0.2) is 24.3 Å². The fourth-order valence-corrected chi connectivity index (χ4v) is 2.11. The van der Waals surface area contributed by atoms with Gasteiger partial charge in [-0.05, 0) is 18.6 Å². The van der Waals surface area contributed by atoms with Crippen LogP contribution in [0.4, 0.5) is 5.69 Å². The monoisotopic (exact) mass is 259 g/mol. The molecule has 0 spiro atoms. The van der Waals surface area contributed by atoms with Crippen LogP contribution in [0.1, 0.15) is 12.5 Å². The summed E-state index contributed by atoms with van der Waals surface area (Å²) in [4.78, 5) is 0. The average Bonchev–Trinajstić information content (AvgIpc) is 2.29. The highest BCUT2D eigenvalue weighted by Crippen LogP contribution is 2.40. The lowest BCUT2D eigenvalue weighted by Crippen LogP contribution is -2.14. The largest absolute Gasteiger partial charge is 0.383 e. The van der Waals surface area contributed by atoms with E-state index in [0.29, 0.717) is 0 Å². The smallest absolute Gasteiger partial charge is 0.0634 e. The maximum atomic E-state index is 3.38. The van der Waals surface area contributed by atoms with Crippen molar-refractivity contribution < 1.29 is 0 Å². The summed E-state index contributed by atoms with van der Waals surface area (Å²) in [5.74, 6) is 0. The first-order chi connectivity index (χ1) is 5.20. The van der Waals surface area contributed by atoms with Crippen LogP contribution in [0, 0.1) is 0 Å². The molecule has 2 rings (SSSR count). The van der Waals surface area contributed by atoms with Crippen molar-refractivity contribution in [1.29, 1.82) is 0 Å². The van der Waals surface area contributed by atoms with Gasteiger partial charge in [0, 0.05) is 12.2 Å². The molecule has 1 atom stereocenters. The minimum atomic E-state index is 0.286. The van der Waals surface area contributed by atoms with Gasteiger partial charge in [0.05, 0.1) is 3.42 Å². The number of halogens is 1. The summed E-state index contributed by atoms with van der Waals surface area (Å²) in [6.45, 7) is 3.30. The van der Waals surface area contributed by atoms with Crippen molar-refractivity contribution in [3.8, 4) is 0 Å². The average molecular weight is 259 g/mol. The molecule has 1 heterocycles. The minimum absolute atomic E-state index is 0.286. The zero-order valence-electron chi connectivity index (χ0n) is 6.39. The van der Waals surface area contributed by atoms with Crippen molar-refractivity contribution in [1.82, 2.24) is 0 Å². The van der Waals surface area contributed by atoms with Gasteiger partial charge in [0.2, 0.25) is 0 Å². The Kier molecular flexibility index (Phi) is 1.59. The number of anilines is 1. The van der Waals surface area contributed by atoms with Crippen molar-refractivity contribution in [2.24, 2.45) is 0 Å². The highest BCUT2D eigenvalue weighted by molar-refractivity contribution is 14.1. The molecule has 1 unspecified atom stereocenters. The second-order valence-corrected chi connectivity index (χ2v) is 5.48. The van der Waals surface area contributed by atoms with E-state index < -0.39 is 0 Å². The van der Waals surface area contributed by atoms with Gasteiger partial charge < -0.3 is 5.32 Å². The molecule has 58 valence electrons. The van der Waals surface area contributed by atoms with Crippen molar-refractivity contribution >= 4 is 28.3 Å². The molecule has 11 heavy (non-hydrogen) atoms. The van der Waals surface area contributed by atoms with Crippen LogP contribution in [0.3, 0.4) is 0 Å². The molecule has 0 bridgehead atoms. The van der Waals surface area contributed by atoms with Crippen LogP contribution in [-0.2, 0) is 3.42 Å². The molecule has 2 heteroatoms. The van der Waals surface area contributed by atoms with Gasteiger partial charge in [-0.25, -0.2) is 0 Å². The topological polar surface area (TPSA) is 12.0 Å². The third-order valence-corrected chi connectivity index (χ3v) is 3.06. The SMILES string of the molecule is CC1(I)CNc2ccccc21. The highest BCUT2D eigenvalue weighted by atomic mass is 127. The number of benzene rings is 1. The van der Waals surface area contributed by atoms with E-state index in [1.54, 1.807) is 0 Å². The zero-order valence-corrected chi connectivity index (χ0v) is 8.55. The van der Waals surface area contributed by atoms with Gasteiger partial charge in [-0.15, -0.1) is 0 Å². The molecule has 0 saturated carbocycles. The Labute approximate surface area is 80.3 Å². The van der Waals surface area contributed by atoms with E-state index in [1.165, 1.54) is 11.3 Å². The van der Waals surface area contributed by atoms with Crippen LogP contribution >= 0.6 is 22.6 Å². The lowest BCUT2D eigenvalue weighted by atomic mass is 10.0. The van der Waals surface area contributed by atoms with Crippen LogP contribution < -0.4 is 5.32 Å². The third-order valence-electron chi connectivity index (χ3n) is 2.10. The predicted molar refractivity (Wildman–Crippen MR) is 56.3 cm³/mol. The molecule has 0 saturated heterocycles. The lowest BCUT2D eigenvalue weighted by Gasteiger charge is -2.13. The van der Waals surface area contributed by atoms with Gasteiger partial charge >= 0.3 is 0 Å². The molecule has 0 aliphatic carbocycles. The minimum Gasteiger partial charge on any atom is -0.383 e. The summed E-state index contributed by atoms with van der Waals surface area (Å²) >= 11 is 2.50. The Hall–Kier alpha value is -0.250. The summed E-state index contributed by atoms with van der Waals surface area (Å²) in [7, 11) is 0. The van der Waals surface area contributed by atoms with E-state index in [1.807, 2.05) is 0 Å². The summed E-state index contributed by atoms with van der Waals surface area (Å²) < 4.78 is 0.286. The second kappa shape index (κ2) is 2.37.